The van der Waals surface area contributed by atoms with Crippen LogP contribution in [0.5, 0.6) is 5.88 Å². The summed E-state index contributed by atoms with van der Waals surface area (Å²) in [6, 6.07) is 1.29. The lowest BCUT2D eigenvalue weighted by Gasteiger charge is -2.14. The Kier molecular flexibility index (Phi) is 3.55. The monoisotopic (exact) mass is 237 g/mol. The van der Waals surface area contributed by atoms with Crippen molar-refractivity contribution in [3.8, 4) is 5.88 Å². The molecule has 0 fully saturated rings. The SMILES string of the molecule is NCc1cc(N)nc(OC(F)(F)F)c1CO. The van der Waals surface area contributed by atoms with E-state index >= 15 is 0 Å². The Morgan fingerprint density at radius 1 is 1.44 bits per heavy atom. The van der Waals surface area contributed by atoms with Crippen LogP contribution in [0, 0.1) is 0 Å². The molecule has 0 spiro atoms. The van der Waals surface area contributed by atoms with Crippen LogP contribution in [0.1, 0.15) is 11.1 Å². The standard InChI is InChI=1S/C8H10F3N3O2/c9-8(10,11)16-7-5(3-15)4(2-12)1-6(13)14-7/h1,15H,2-3,12H2,(H2,13,14). The van der Waals surface area contributed by atoms with E-state index < -0.39 is 18.8 Å². The van der Waals surface area contributed by atoms with Gasteiger partial charge in [0.1, 0.15) is 5.82 Å². The van der Waals surface area contributed by atoms with Crippen molar-refractivity contribution >= 4 is 5.82 Å². The maximum absolute atomic E-state index is 12.0. The molecule has 0 saturated heterocycles. The van der Waals surface area contributed by atoms with E-state index in [-0.39, 0.29) is 23.5 Å². The number of hydrogen-bond donors (Lipinski definition) is 3. The Hall–Kier alpha value is -1.54. The van der Waals surface area contributed by atoms with Crippen LogP contribution in [0.15, 0.2) is 6.07 Å². The second-order valence-corrected chi connectivity index (χ2v) is 2.90. The number of nitrogen functional groups attached to an aromatic ring is 1. The molecule has 1 rings (SSSR count). The molecule has 16 heavy (non-hydrogen) atoms. The zero-order valence-corrected chi connectivity index (χ0v) is 8.08. The smallest absolute Gasteiger partial charge is 0.391 e. The van der Waals surface area contributed by atoms with Crippen molar-refractivity contribution in [3.63, 3.8) is 0 Å². The van der Waals surface area contributed by atoms with Gasteiger partial charge in [-0.1, -0.05) is 0 Å². The minimum Gasteiger partial charge on any atom is -0.391 e. The van der Waals surface area contributed by atoms with Gasteiger partial charge in [0.05, 0.1) is 6.61 Å². The van der Waals surface area contributed by atoms with Crippen LogP contribution in [-0.4, -0.2) is 16.5 Å². The first-order chi connectivity index (χ1) is 7.37. The van der Waals surface area contributed by atoms with Gasteiger partial charge in [0, 0.05) is 12.1 Å². The molecule has 0 atom stereocenters. The van der Waals surface area contributed by atoms with Crippen molar-refractivity contribution in [2.75, 3.05) is 5.73 Å². The Labute approximate surface area is 88.8 Å². The van der Waals surface area contributed by atoms with E-state index in [1.54, 1.807) is 0 Å². The van der Waals surface area contributed by atoms with Gasteiger partial charge in [-0.2, -0.15) is 4.98 Å². The molecular weight excluding hydrogens is 227 g/mol. The van der Waals surface area contributed by atoms with Gasteiger partial charge in [-0.15, -0.1) is 13.2 Å². The number of aromatic nitrogens is 1. The Balaban J connectivity index is 3.20. The molecule has 5 nitrogen and oxygen atoms in total. The zero-order valence-electron chi connectivity index (χ0n) is 8.08. The quantitative estimate of drug-likeness (QED) is 0.712. The number of nitrogens with zero attached hydrogens (tertiary/aromatic N) is 1. The molecule has 0 radical (unpaired) electrons. The van der Waals surface area contributed by atoms with Gasteiger partial charge in [-0.25, -0.2) is 0 Å². The molecule has 1 heterocycles. The second kappa shape index (κ2) is 4.54. The van der Waals surface area contributed by atoms with Crippen molar-refractivity contribution < 1.29 is 23.0 Å². The molecule has 0 aliphatic carbocycles. The van der Waals surface area contributed by atoms with Crippen LogP contribution in [0.25, 0.3) is 0 Å². The summed E-state index contributed by atoms with van der Waals surface area (Å²) in [5.41, 5.74) is 10.7. The summed E-state index contributed by atoms with van der Waals surface area (Å²) >= 11 is 0. The predicted molar refractivity (Wildman–Crippen MR) is 49.1 cm³/mol. The highest BCUT2D eigenvalue weighted by Gasteiger charge is 2.33. The molecule has 0 aliphatic rings. The number of aliphatic hydroxyl groups is 1. The molecule has 0 aromatic carbocycles. The molecule has 0 unspecified atom stereocenters. The summed E-state index contributed by atoms with van der Waals surface area (Å²) < 4.78 is 39.7. The maximum atomic E-state index is 12.0. The fraction of sp³-hybridized carbons (Fsp3) is 0.375. The zero-order chi connectivity index (χ0) is 12.3. The summed E-state index contributed by atoms with van der Waals surface area (Å²) in [6.45, 7) is -0.734. The fourth-order valence-corrected chi connectivity index (χ4v) is 1.17. The third kappa shape index (κ3) is 2.97. The molecule has 90 valence electrons. The van der Waals surface area contributed by atoms with Gasteiger partial charge in [0.15, 0.2) is 0 Å². The highest BCUT2D eigenvalue weighted by atomic mass is 19.4. The molecule has 0 aliphatic heterocycles. The van der Waals surface area contributed by atoms with Crippen molar-refractivity contribution in [2.45, 2.75) is 19.5 Å². The van der Waals surface area contributed by atoms with Crippen molar-refractivity contribution in [1.82, 2.24) is 4.98 Å². The number of hydrogen-bond acceptors (Lipinski definition) is 5. The van der Waals surface area contributed by atoms with E-state index in [4.69, 9.17) is 16.6 Å². The van der Waals surface area contributed by atoms with Crippen molar-refractivity contribution in [2.24, 2.45) is 5.73 Å². The van der Waals surface area contributed by atoms with E-state index in [1.807, 2.05) is 0 Å². The van der Waals surface area contributed by atoms with Crippen molar-refractivity contribution in [3.05, 3.63) is 17.2 Å². The highest BCUT2D eigenvalue weighted by Crippen LogP contribution is 2.28. The molecule has 0 bridgehead atoms. The van der Waals surface area contributed by atoms with Gasteiger partial charge in [-0.3, -0.25) is 0 Å². The van der Waals surface area contributed by atoms with Gasteiger partial charge in [-0.05, 0) is 11.6 Å². The topological polar surface area (TPSA) is 94.4 Å². The van der Waals surface area contributed by atoms with E-state index in [0.717, 1.165) is 0 Å². The van der Waals surface area contributed by atoms with Gasteiger partial charge < -0.3 is 21.3 Å². The molecule has 5 N–H and O–H groups in total. The number of ether oxygens (including phenoxy) is 1. The largest absolute Gasteiger partial charge is 0.574 e. The predicted octanol–water partition coefficient (Wildman–Crippen LogP) is 0.513. The molecular formula is C8H10F3N3O2. The first kappa shape index (κ1) is 12.5. The molecule has 1 aromatic heterocycles. The number of anilines is 1. The summed E-state index contributed by atoms with van der Waals surface area (Å²) in [6.07, 6.45) is -4.89. The first-order valence-corrected chi connectivity index (χ1v) is 4.22. The Morgan fingerprint density at radius 2 is 2.06 bits per heavy atom. The van der Waals surface area contributed by atoms with E-state index in [9.17, 15) is 13.2 Å². The number of aliphatic hydroxyl groups excluding tert-OH is 1. The van der Waals surface area contributed by atoms with Crippen LogP contribution in [0.3, 0.4) is 0 Å². The van der Waals surface area contributed by atoms with E-state index in [0.29, 0.717) is 0 Å². The number of nitrogens with two attached hydrogens (primary N) is 2. The second-order valence-electron chi connectivity index (χ2n) is 2.90. The average Bonchev–Trinajstić information content (AvgIpc) is 2.14. The lowest BCUT2D eigenvalue weighted by atomic mass is 10.1. The van der Waals surface area contributed by atoms with E-state index in [1.165, 1.54) is 6.07 Å². The molecule has 0 saturated carbocycles. The summed E-state index contributed by atoms with van der Waals surface area (Å²) in [5, 5.41) is 8.93. The van der Waals surface area contributed by atoms with Gasteiger partial charge >= 0.3 is 6.36 Å². The van der Waals surface area contributed by atoms with Gasteiger partial charge in [0.25, 0.3) is 0 Å². The number of alkyl halides is 3. The van der Waals surface area contributed by atoms with Crippen LogP contribution in [-0.2, 0) is 13.2 Å². The fourth-order valence-electron chi connectivity index (χ4n) is 1.17. The minimum absolute atomic E-state index is 0.0726. The first-order valence-electron chi connectivity index (χ1n) is 4.22. The molecule has 8 heteroatoms. The minimum atomic E-state index is -4.89. The average molecular weight is 237 g/mol. The van der Waals surface area contributed by atoms with Crippen LogP contribution < -0.4 is 16.2 Å². The van der Waals surface area contributed by atoms with Crippen LogP contribution in [0.2, 0.25) is 0 Å². The van der Waals surface area contributed by atoms with Crippen molar-refractivity contribution in [1.29, 1.82) is 0 Å². The lowest BCUT2D eigenvalue weighted by molar-refractivity contribution is -0.276. The summed E-state index contributed by atoms with van der Waals surface area (Å²) in [7, 11) is 0. The normalized spacial score (nSPS) is 11.6. The van der Waals surface area contributed by atoms with Crippen LogP contribution >= 0.6 is 0 Å². The van der Waals surface area contributed by atoms with Gasteiger partial charge in [0.2, 0.25) is 5.88 Å². The maximum Gasteiger partial charge on any atom is 0.574 e. The Bertz CT molecular complexity index is 382. The number of halogens is 3. The number of pyridine rings is 1. The summed E-state index contributed by atoms with van der Waals surface area (Å²) in [4.78, 5) is 3.36. The van der Waals surface area contributed by atoms with Crippen LogP contribution in [0.4, 0.5) is 19.0 Å². The molecule has 1 aromatic rings. The Morgan fingerprint density at radius 3 is 2.50 bits per heavy atom. The lowest BCUT2D eigenvalue weighted by Crippen LogP contribution is -2.20. The third-order valence-electron chi connectivity index (χ3n) is 1.79. The summed E-state index contributed by atoms with van der Waals surface area (Å²) in [5.74, 6) is -0.924. The molecule has 0 amide bonds. The third-order valence-corrected chi connectivity index (χ3v) is 1.79. The van der Waals surface area contributed by atoms with E-state index in [2.05, 4.69) is 9.72 Å². The number of rotatable bonds is 3. The highest BCUT2D eigenvalue weighted by molar-refractivity contribution is 5.44.